The zero-order chi connectivity index (χ0) is 12.8. The second-order valence-corrected chi connectivity index (χ2v) is 6.26. The van der Waals surface area contributed by atoms with Crippen molar-refractivity contribution in [3.63, 3.8) is 0 Å². The number of halogens is 1. The lowest BCUT2D eigenvalue weighted by Crippen LogP contribution is -2.35. The van der Waals surface area contributed by atoms with Gasteiger partial charge in [-0.2, -0.15) is 4.98 Å². The van der Waals surface area contributed by atoms with E-state index in [9.17, 15) is 0 Å². The van der Waals surface area contributed by atoms with Crippen LogP contribution in [0, 0.1) is 0 Å². The van der Waals surface area contributed by atoms with Gasteiger partial charge in [0.25, 0.3) is 0 Å². The van der Waals surface area contributed by atoms with E-state index < -0.39 is 0 Å². The molecule has 2 bridgehead atoms. The van der Waals surface area contributed by atoms with Gasteiger partial charge in [0.1, 0.15) is 0 Å². The van der Waals surface area contributed by atoms with Crippen molar-refractivity contribution in [3.05, 3.63) is 22.8 Å². The number of rotatable bonds is 1. The Balaban J connectivity index is 1.68. The van der Waals surface area contributed by atoms with Gasteiger partial charge in [-0.3, -0.25) is 0 Å². The Kier molecular flexibility index (Phi) is 2.73. The molecule has 4 heterocycles. The van der Waals surface area contributed by atoms with E-state index in [1.807, 2.05) is 22.8 Å². The molecule has 19 heavy (non-hydrogen) atoms. The molecule has 2 aliphatic rings. The van der Waals surface area contributed by atoms with Crippen molar-refractivity contribution < 1.29 is 0 Å². The van der Waals surface area contributed by atoms with E-state index >= 15 is 0 Å². The second-order valence-electron chi connectivity index (χ2n) is 5.41. The minimum Gasteiger partial charge on any atom is -0.338 e. The normalized spacial score (nSPS) is 26.9. The number of anilines is 1. The lowest BCUT2D eigenvalue weighted by atomic mass is 10.1. The fraction of sp³-hybridized carbons (Fsp3) is 0.538. The Labute approximate surface area is 120 Å². The minimum absolute atomic E-state index is 0.600. The van der Waals surface area contributed by atoms with Crippen LogP contribution in [0.5, 0.6) is 0 Å². The molecule has 2 aromatic heterocycles. The van der Waals surface area contributed by atoms with Crippen LogP contribution in [0.2, 0.25) is 0 Å². The van der Waals surface area contributed by atoms with Gasteiger partial charge in [0.05, 0.1) is 4.47 Å². The van der Waals surface area contributed by atoms with Gasteiger partial charge in [-0.15, -0.1) is 5.10 Å². The van der Waals surface area contributed by atoms with E-state index in [-0.39, 0.29) is 0 Å². The maximum Gasteiger partial charge on any atom is 0.245 e. The first kappa shape index (κ1) is 11.7. The van der Waals surface area contributed by atoms with Crippen LogP contribution in [-0.4, -0.2) is 39.8 Å². The summed E-state index contributed by atoms with van der Waals surface area (Å²) in [6.45, 7) is 2.06. The molecule has 2 aliphatic heterocycles. The molecule has 4 rings (SSSR count). The second kappa shape index (κ2) is 4.45. The Morgan fingerprint density at radius 1 is 1.26 bits per heavy atom. The fourth-order valence-electron chi connectivity index (χ4n) is 3.12. The third kappa shape index (κ3) is 2.03. The Morgan fingerprint density at radius 3 is 3.05 bits per heavy atom. The molecule has 2 aromatic rings. The van der Waals surface area contributed by atoms with E-state index in [0.717, 1.165) is 29.2 Å². The summed E-state index contributed by atoms with van der Waals surface area (Å²) in [6, 6.07) is 5.27. The summed E-state index contributed by atoms with van der Waals surface area (Å²) in [5.41, 5.74) is 0.889. The van der Waals surface area contributed by atoms with Gasteiger partial charge in [-0.25, -0.2) is 4.52 Å². The standard InChI is InChI=1S/C13H16BrN5/c14-11-2-1-6-19-12(11)16-13(17-19)18-7-5-9-3-4-10(8-18)15-9/h1-2,6,9-10,15H,3-5,7-8H2. The zero-order valence-electron chi connectivity index (χ0n) is 10.6. The summed E-state index contributed by atoms with van der Waals surface area (Å²) >= 11 is 3.53. The van der Waals surface area contributed by atoms with Crippen LogP contribution in [-0.2, 0) is 0 Å². The van der Waals surface area contributed by atoms with Crippen LogP contribution in [0.15, 0.2) is 22.8 Å². The quantitative estimate of drug-likeness (QED) is 0.870. The highest BCUT2D eigenvalue weighted by atomic mass is 79.9. The Morgan fingerprint density at radius 2 is 2.16 bits per heavy atom. The van der Waals surface area contributed by atoms with Crippen molar-refractivity contribution in [3.8, 4) is 0 Å². The van der Waals surface area contributed by atoms with Gasteiger partial charge in [0, 0.05) is 31.4 Å². The molecule has 6 heteroatoms. The average Bonchev–Trinajstić information content (AvgIpc) is 2.94. The number of hydrogen-bond acceptors (Lipinski definition) is 4. The molecular weight excluding hydrogens is 306 g/mol. The number of aromatic nitrogens is 3. The molecule has 0 amide bonds. The highest BCUT2D eigenvalue weighted by Gasteiger charge is 2.30. The SMILES string of the molecule is Brc1cccn2nc(N3CCC4CCC(C3)N4)nc12. The van der Waals surface area contributed by atoms with Crippen molar-refractivity contribution in [2.45, 2.75) is 31.3 Å². The van der Waals surface area contributed by atoms with Crippen LogP contribution in [0.4, 0.5) is 5.95 Å². The number of nitrogens with zero attached hydrogens (tertiary/aromatic N) is 4. The van der Waals surface area contributed by atoms with Gasteiger partial charge >= 0.3 is 0 Å². The van der Waals surface area contributed by atoms with Crippen molar-refractivity contribution in [2.75, 3.05) is 18.0 Å². The third-order valence-electron chi connectivity index (χ3n) is 4.11. The first-order chi connectivity index (χ1) is 9.29. The topological polar surface area (TPSA) is 45.5 Å². The summed E-state index contributed by atoms with van der Waals surface area (Å²) in [4.78, 5) is 6.98. The predicted octanol–water partition coefficient (Wildman–Crippen LogP) is 1.82. The zero-order valence-corrected chi connectivity index (χ0v) is 12.2. The largest absolute Gasteiger partial charge is 0.338 e. The summed E-state index contributed by atoms with van der Waals surface area (Å²) in [5, 5.41) is 8.28. The predicted molar refractivity (Wildman–Crippen MR) is 77.5 cm³/mol. The monoisotopic (exact) mass is 321 g/mol. The molecule has 0 aromatic carbocycles. The van der Waals surface area contributed by atoms with Gasteiger partial charge in [-0.1, -0.05) is 0 Å². The highest BCUT2D eigenvalue weighted by Crippen LogP contribution is 2.24. The molecule has 0 spiro atoms. The van der Waals surface area contributed by atoms with Crippen LogP contribution in [0.25, 0.3) is 5.65 Å². The smallest absolute Gasteiger partial charge is 0.245 e. The van der Waals surface area contributed by atoms with Crippen molar-refractivity contribution >= 4 is 27.5 Å². The molecule has 100 valence electrons. The van der Waals surface area contributed by atoms with Gasteiger partial charge < -0.3 is 10.2 Å². The van der Waals surface area contributed by atoms with Crippen LogP contribution in [0.1, 0.15) is 19.3 Å². The lowest BCUT2D eigenvalue weighted by Gasteiger charge is -2.22. The minimum atomic E-state index is 0.600. The molecule has 5 nitrogen and oxygen atoms in total. The van der Waals surface area contributed by atoms with Gasteiger partial charge in [-0.05, 0) is 47.3 Å². The first-order valence-corrected chi connectivity index (χ1v) is 7.61. The molecule has 0 saturated carbocycles. The van der Waals surface area contributed by atoms with Crippen LogP contribution in [0.3, 0.4) is 0 Å². The number of hydrogen-bond donors (Lipinski definition) is 1. The van der Waals surface area contributed by atoms with Crippen molar-refractivity contribution in [1.29, 1.82) is 0 Å². The molecule has 0 radical (unpaired) electrons. The molecule has 2 saturated heterocycles. The van der Waals surface area contributed by atoms with E-state index in [0.29, 0.717) is 12.1 Å². The van der Waals surface area contributed by atoms with Gasteiger partial charge in [0.2, 0.25) is 5.95 Å². The molecule has 2 unspecified atom stereocenters. The third-order valence-corrected chi connectivity index (χ3v) is 4.73. The molecular formula is C13H16BrN5. The summed E-state index contributed by atoms with van der Waals surface area (Å²) in [5.74, 6) is 0.848. The highest BCUT2D eigenvalue weighted by molar-refractivity contribution is 9.10. The van der Waals surface area contributed by atoms with Crippen LogP contribution < -0.4 is 10.2 Å². The van der Waals surface area contributed by atoms with Gasteiger partial charge in [0.15, 0.2) is 5.65 Å². The molecule has 2 atom stereocenters. The molecule has 2 fully saturated rings. The first-order valence-electron chi connectivity index (χ1n) is 6.81. The maximum absolute atomic E-state index is 4.66. The summed E-state index contributed by atoms with van der Waals surface area (Å²) < 4.78 is 2.83. The summed E-state index contributed by atoms with van der Waals surface area (Å²) in [7, 11) is 0. The average molecular weight is 322 g/mol. The number of pyridine rings is 1. The Hall–Kier alpha value is -1.14. The molecule has 1 N–H and O–H groups in total. The van der Waals surface area contributed by atoms with E-state index in [4.69, 9.17) is 0 Å². The van der Waals surface area contributed by atoms with Crippen molar-refractivity contribution in [2.24, 2.45) is 0 Å². The van der Waals surface area contributed by atoms with E-state index in [1.165, 1.54) is 19.3 Å². The number of fused-ring (bicyclic) bond motifs is 3. The van der Waals surface area contributed by atoms with E-state index in [1.54, 1.807) is 0 Å². The summed E-state index contributed by atoms with van der Waals surface area (Å²) in [6.07, 6.45) is 5.73. The maximum atomic E-state index is 4.66. The fourth-order valence-corrected chi connectivity index (χ4v) is 3.54. The van der Waals surface area contributed by atoms with E-state index in [2.05, 4.69) is 36.2 Å². The molecule has 0 aliphatic carbocycles. The Bertz CT molecular complexity index is 610. The van der Waals surface area contributed by atoms with Crippen LogP contribution >= 0.6 is 15.9 Å². The lowest BCUT2D eigenvalue weighted by molar-refractivity contribution is 0.563. The number of nitrogens with one attached hydrogen (secondary N) is 1. The van der Waals surface area contributed by atoms with Crippen molar-refractivity contribution in [1.82, 2.24) is 19.9 Å².